The summed E-state index contributed by atoms with van der Waals surface area (Å²) >= 11 is 0. The average Bonchev–Trinajstić information content (AvgIpc) is 2.94. The van der Waals surface area contributed by atoms with E-state index in [1.165, 1.54) is 89.9 Å². The molecule has 234 valence electrons. The molecule has 0 saturated carbocycles. The number of unbranched alkanes of at least 4 members (excludes halogenated alkanes) is 12. The van der Waals surface area contributed by atoms with E-state index < -0.39 is 0 Å². The minimum absolute atomic E-state index is 0.377. The Labute approximate surface area is 251 Å². The summed E-state index contributed by atoms with van der Waals surface area (Å²) < 4.78 is 0. The monoisotopic (exact) mass is 559 g/mol. The highest BCUT2D eigenvalue weighted by Gasteiger charge is 2.22. The van der Waals surface area contributed by atoms with Gasteiger partial charge in [0, 0.05) is 19.0 Å². The normalized spacial score (nSPS) is 12.3. The van der Waals surface area contributed by atoms with Crippen LogP contribution in [0.1, 0.15) is 162 Å². The predicted octanol–water partition coefficient (Wildman–Crippen LogP) is 11.1. The van der Waals surface area contributed by atoms with Gasteiger partial charge < -0.3 is 9.80 Å². The second kappa shape index (κ2) is 30.6. The zero-order valence-corrected chi connectivity index (χ0v) is 27.8. The molecule has 0 aromatic rings. The van der Waals surface area contributed by atoms with Crippen LogP contribution in [0.3, 0.4) is 0 Å². The van der Waals surface area contributed by atoms with Crippen LogP contribution >= 0.6 is 0 Å². The minimum atomic E-state index is 0.377. The molecular weight excluding hydrogens is 488 g/mol. The molecule has 0 aliphatic carbocycles. The second-order valence-electron chi connectivity index (χ2n) is 12.1. The van der Waals surface area contributed by atoms with Crippen molar-refractivity contribution in [3.63, 3.8) is 0 Å². The first-order valence-electron chi connectivity index (χ1n) is 17.5. The number of amides is 1. The van der Waals surface area contributed by atoms with Gasteiger partial charge in [0.25, 0.3) is 0 Å². The molecule has 0 heterocycles. The molecule has 0 spiro atoms. The van der Waals surface area contributed by atoms with E-state index in [1.54, 1.807) is 0 Å². The van der Waals surface area contributed by atoms with Gasteiger partial charge in [0.1, 0.15) is 0 Å². The smallest absolute Gasteiger partial charge is 0.222 e. The van der Waals surface area contributed by atoms with E-state index in [-0.39, 0.29) is 0 Å². The van der Waals surface area contributed by atoms with Gasteiger partial charge in [-0.25, -0.2) is 0 Å². The third kappa shape index (κ3) is 25.6. The van der Waals surface area contributed by atoms with Gasteiger partial charge in [-0.2, -0.15) is 0 Å². The van der Waals surface area contributed by atoms with Crippen molar-refractivity contribution in [3.05, 3.63) is 36.5 Å². The Kier molecular flexibility index (Phi) is 29.6. The highest BCUT2D eigenvalue weighted by molar-refractivity contribution is 5.76. The third-order valence-electron chi connectivity index (χ3n) is 7.77. The van der Waals surface area contributed by atoms with E-state index >= 15 is 0 Å². The van der Waals surface area contributed by atoms with Crippen LogP contribution in [0.5, 0.6) is 0 Å². The quantitative estimate of drug-likeness (QED) is 0.0673. The van der Waals surface area contributed by atoms with Crippen LogP contribution in [0.4, 0.5) is 0 Å². The van der Waals surface area contributed by atoms with E-state index in [4.69, 9.17) is 0 Å². The molecular formula is C37H70N2O. The summed E-state index contributed by atoms with van der Waals surface area (Å²) in [6.07, 6.45) is 40.3. The lowest BCUT2D eigenvalue weighted by molar-refractivity contribution is -0.134. The maximum atomic E-state index is 13.5. The SMILES string of the molecule is CCCCC/C=C\CCCC(CCC/C=C\CCCCC)N(CCC/C=C\CCCCC)C(=O)CCCN(C)C. The molecule has 0 unspecified atom stereocenters. The molecule has 3 nitrogen and oxygen atoms in total. The summed E-state index contributed by atoms with van der Waals surface area (Å²) in [4.78, 5) is 18.0. The topological polar surface area (TPSA) is 23.6 Å². The standard InChI is InChI=1S/C37H70N2O/c1-6-9-12-15-18-21-24-27-31-36(32-28-25-22-19-16-13-10-7-2)39(37(40)33-30-34-38(4)5)35-29-26-23-20-17-14-11-8-3/h18-23,36H,6-17,24-35H2,1-5H3/b21-18-,22-19-,23-20-. The fourth-order valence-electron chi connectivity index (χ4n) is 5.22. The Morgan fingerprint density at radius 2 is 0.925 bits per heavy atom. The Balaban J connectivity index is 5.11. The van der Waals surface area contributed by atoms with E-state index in [9.17, 15) is 4.79 Å². The van der Waals surface area contributed by atoms with E-state index in [1.807, 2.05) is 0 Å². The molecule has 0 aliphatic heterocycles. The lowest BCUT2D eigenvalue weighted by atomic mass is 9.99. The maximum absolute atomic E-state index is 13.5. The lowest BCUT2D eigenvalue weighted by Gasteiger charge is -2.32. The molecule has 0 rings (SSSR count). The summed E-state index contributed by atoms with van der Waals surface area (Å²) in [5.74, 6) is 0.379. The molecule has 1 amide bonds. The van der Waals surface area contributed by atoms with E-state index in [0.717, 1.165) is 58.0 Å². The third-order valence-corrected chi connectivity index (χ3v) is 7.77. The van der Waals surface area contributed by atoms with Crippen molar-refractivity contribution in [1.29, 1.82) is 0 Å². The van der Waals surface area contributed by atoms with Gasteiger partial charge in [-0.3, -0.25) is 4.79 Å². The molecule has 40 heavy (non-hydrogen) atoms. The molecule has 0 aliphatic rings. The van der Waals surface area contributed by atoms with E-state index in [2.05, 4.69) is 81.1 Å². The number of allylic oxidation sites excluding steroid dienone is 6. The van der Waals surface area contributed by atoms with Crippen LogP contribution < -0.4 is 0 Å². The van der Waals surface area contributed by atoms with Gasteiger partial charge in [0.2, 0.25) is 5.91 Å². The zero-order chi connectivity index (χ0) is 29.5. The number of hydrogen-bond acceptors (Lipinski definition) is 2. The van der Waals surface area contributed by atoms with Gasteiger partial charge in [-0.05, 0) is 117 Å². The minimum Gasteiger partial charge on any atom is -0.340 e. The number of carbonyl (C=O) groups is 1. The second-order valence-corrected chi connectivity index (χ2v) is 12.1. The summed E-state index contributed by atoms with van der Waals surface area (Å²) in [7, 11) is 4.20. The summed E-state index contributed by atoms with van der Waals surface area (Å²) in [6, 6.07) is 0.377. The van der Waals surface area contributed by atoms with Gasteiger partial charge in [-0.15, -0.1) is 0 Å². The van der Waals surface area contributed by atoms with Crippen LogP contribution in [0.2, 0.25) is 0 Å². The first-order valence-corrected chi connectivity index (χ1v) is 17.5. The highest BCUT2D eigenvalue weighted by Crippen LogP contribution is 2.20. The van der Waals surface area contributed by atoms with Crippen molar-refractivity contribution >= 4 is 5.91 Å². The molecule has 0 saturated heterocycles. The molecule has 0 aromatic heterocycles. The first-order chi connectivity index (χ1) is 19.6. The van der Waals surface area contributed by atoms with Gasteiger partial charge >= 0.3 is 0 Å². The zero-order valence-electron chi connectivity index (χ0n) is 27.8. The first kappa shape index (κ1) is 38.6. The van der Waals surface area contributed by atoms with Crippen LogP contribution in [-0.2, 0) is 4.79 Å². The van der Waals surface area contributed by atoms with Gasteiger partial charge in [0.15, 0.2) is 0 Å². The molecule has 0 N–H and O–H groups in total. The summed E-state index contributed by atoms with van der Waals surface area (Å²) in [6.45, 7) is 8.69. The van der Waals surface area contributed by atoms with Crippen molar-refractivity contribution in [2.24, 2.45) is 0 Å². The molecule has 0 fully saturated rings. The number of nitrogens with zero attached hydrogens (tertiary/aromatic N) is 2. The van der Waals surface area contributed by atoms with Gasteiger partial charge in [0.05, 0.1) is 0 Å². The molecule has 3 heteroatoms. The highest BCUT2D eigenvalue weighted by atomic mass is 16.2. The lowest BCUT2D eigenvalue weighted by Crippen LogP contribution is -2.41. The van der Waals surface area contributed by atoms with Crippen molar-refractivity contribution in [3.8, 4) is 0 Å². The molecule has 0 bridgehead atoms. The molecule has 0 radical (unpaired) electrons. The fourth-order valence-corrected chi connectivity index (χ4v) is 5.22. The number of hydrogen-bond donors (Lipinski definition) is 0. The Bertz CT molecular complexity index is 596. The van der Waals surface area contributed by atoms with Crippen molar-refractivity contribution in [1.82, 2.24) is 9.80 Å². The van der Waals surface area contributed by atoms with Gasteiger partial charge in [-0.1, -0.05) is 95.8 Å². The fraction of sp³-hybridized carbons (Fsp3) is 0.811. The van der Waals surface area contributed by atoms with E-state index in [0.29, 0.717) is 18.4 Å². The van der Waals surface area contributed by atoms with Crippen LogP contribution in [0.25, 0.3) is 0 Å². The predicted molar refractivity (Wildman–Crippen MR) is 180 cm³/mol. The largest absolute Gasteiger partial charge is 0.340 e. The Morgan fingerprint density at radius 3 is 1.32 bits per heavy atom. The maximum Gasteiger partial charge on any atom is 0.222 e. The average molecular weight is 559 g/mol. The van der Waals surface area contributed by atoms with Crippen LogP contribution in [0, 0.1) is 0 Å². The van der Waals surface area contributed by atoms with Crippen molar-refractivity contribution in [2.45, 2.75) is 168 Å². The number of rotatable bonds is 29. The van der Waals surface area contributed by atoms with Crippen molar-refractivity contribution < 1.29 is 4.79 Å². The number of carbonyl (C=O) groups excluding carboxylic acids is 1. The van der Waals surface area contributed by atoms with Crippen LogP contribution in [0.15, 0.2) is 36.5 Å². The van der Waals surface area contributed by atoms with Crippen LogP contribution in [-0.4, -0.2) is 48.9 Å². The molecule has 0 atom stereocenters. The Morgan fingerprint density at radius 1 is 0.525 bits per heavy atom. The summed E-state index contributed by atoms with van der Waals surface area (Å²) in [5, 5.41) is 0. The Hall–Kier alpha value is -1.35. The van der Waals surface area contributed by atoms with Crippen molar-refractivity contribution in [2.75, 3.05) is 27.2 Å². The summed E-state index contributed by atoms with van der Waals surface area (Å²) in [5.41, 5.74) is 0. The molecule has 0 aromatic carbocycles.